The summed E-state index contributed by atoms with van der Waals surface area (Å²) >= 11 is 0. The molecule has 0 fully saturated rings. The predicted molar refractivity (Wildman–Crippen MR) is 75.8 cm³/mol. The largest absolute Gasteiger partial charge is 0.497 e. The van der Waals surface area contributed by atoms with Crippen molar-refractivity contribution in [2.45, 2.75) is 31.2 Å². The molecular formula is C14H20ClNO3. The van der Waals surface area contributed by atoms with Crippen molar-refractivity contribution in [1.82, 2.24) is 0 Å². The second-order valence-electron chi connectivity index (χ2n) is 5.08. The first kappa shape index (κ1) is 15.8. The van der Waals surface area contributed by atoms with Crippen molar-refractivity contribution < 1.29 is 14.3 Å². The van der Waals surface area contributed by atoms with Gasteiger partial charge in [-0.2, -0.15) is 0 Å². The minimum absolute atomic E-state index is 0. The number of nitrogens with two attached hydrogens (primary N) is 1. The average molecular weight is 286 g/mol. The van der Waals surface area contributed by atoms with E-state index >= 15 is 0 Å². The molecule has 19 heavy (non-hydrogen) atoms. The molecule has 2 atom stereocenters. The number of esters is 1. The molecule has 0 spiro atoms. The molecule has 0 saturated heterocycles. The highest BCUT2D eigenvalue weighted by atomic mass is 35.5. The van der Waals surface area contributed by atoms with Crippen LogP contribution in [-0.2, 0) is 14.9 Å². The predicted octanol–water partition coefficient (Wildman–Crippen LogP) is 2.34. The van der Waals surface area contributed by atoms with Crippen LogP contribution in [0.15, 0.2) is 18.2 Å². The Balaban J connectivity index is 0.00000180. The lowest BCUT2D eigenvalue weighted by Crippen LogP contribution is -2.24. The molecule has 4 nitrogen and oxygen atoms in total. The first-order valence-electron chi connectivity index (χ1n) is 6.01. The normalized spacial score (nSPS) is 24.3. The zero-order valence-corrected chi connectivity index (χ0v) is 12.3. The summed E-state index contributed by atoms with van der Waals surface area (Å²) < 4.78 is 10.0. The summed E-state index contributed by atoms with van der Waals surface area (Å²) in [5.74, 6) is 0.583. The van der Waals surface area contributed by atoms with Gasteiger partial charge in [0.05, 0.1) is 20.6 Å². The molecule has 0 amide bonds. The molecule has 1 aliphatic carbocycles. The number of hydrogen-bond donors (Lipinski definition) is 1. The number of carbonyl (C=O) groups excluding carboxylic acids is 1. The van der Waals surface area contributed by atoms with Gasteiger partial charge in [0.1, 0.15) is 5.75 Å². The summed E-state index contributed by atoms with van der Waals surface area (Å²) in [5, 5.41) is 0. The molecule has 2 N–H and O–H groups in total. The van der Waals surface area contributed by atoms with Crippen molar-refractivity contribution in [2.24, 2.45) is 5.73 Å². The molecule has 1 aromatic rings. The second kappa shape index (κ2) is 5.80. The maximum atomic E-state index is 11.5. The number of ether oxygens (including phenoxy) is 2. The van der Waals surface area contributed by atoms with E-state index in [2.05, 4.69) is 6.92 Å². The number of methoxy groups -OCH3 is 2. The second-order valence-corrected chi connectivity index (χ2v) is 5.08. The molecule has 0 aromatic heterocycles. The average Bonchev–Trinajstić information content (AvgIpc) is 2.60. The Bertz CT molecular complexity index is 478. The van der Waals surface area contributed by atoms with E-state index in [9.17, 15) is 4.79 Å². The molecule has 1 aliphatic rings. The Kier molecular flexibility index (Phi) is 4.82. The quantitative estimate of drug-likeness (QED) is 0.866. The lowest BCUT2D eigenvalue weighted by Gasteiger charge is -2.24. The number of halogens is 1. The van der Waals surface area contributed by atoms with Crippen molar-refractivity contribution in [2.75, 3.05) is 14.2 Å². The lowest BCUT2D eigenvalue weighted by atomic mass is 9.81. The van der Waals surface area contributed by atoms with Crippen LogP contribution < -0.4 is 10.5 Å². The van der Waals surface area contributed by atoms with Gasteiger partial charge in [-0.15, -0.1) is 12.4 Å². The number of carbonyl (C=O) groups is 1. The van der Waals surface area contributed by atoms with Gasteiger partial charge < -0.3 is 15.2 Å². The molecule has 2 rings (SSSR count). The molecule has 106 valence electrons. The summed E-state index contributed by atoms with van der Waals surface area (Å²) in [7, 11) is 3.04. The van der Waals surface area contributed by atoms with Crippen LogP contribution in [0.1, 0.15) is 36.9 Å². The molecule has 5 heteroatoms. The van der Waals surface area contributed by atoms with E-state index in [1.165, 1.54) is 7.11 Å². The van der Waals surface area contributed by atoms with Crippen LogP contribution in [0.3, 0.4) is 0 Å². The Morgan fingerprint density at radius 1 is 1.47 bits per heavy atom. The fraction of sp³-hybridized carbons (Fsp3) is 0.500. The minimum atomic E-state index is -0.267. The number of fused-ring (bicyclic) bond motifs is 1. The number of benzene rings is 1. The molecule has 0 radical (unpaired) electrons. The minimum Gasteiger partial charge on any atom is -0.497 e. The van der Waals surface area contributed by atoms with E-state index in [0.29, 0.717) is 6.42 Å². The fourth-order valence-corrected chi connectivity index (χ4v) is 2.77. The third kappa shape index (κ3) is 2.85. The standard InChI is InChI=1S/C14H19NO3.ClH/c1-14(8-13(16)18-3)7-12(15)10-5-4-9(17-2)6-11(10)14;/h4-6,12H,7-8,15H2,1-3H3;1H. The molecule has 0 aliphatic heterocycles. The van der Waals surface area contributed by atoms with Crippen molar-refractivity contribution >= 4 is 18.4 Å². The van der Waals surface area contributed by atoms with Gasteiger partial charge in [0.25, 0.3) is 0 Å². The van der Waals surface area contributed by atoms with Gasteiger partial charge in [-0.25, -0.2) is 0 Å². The lowest BCUT2D eigenvalue weighted by molar-refractivity contribution is -0.142. The Labute approximate surface area is 119 Å². The highest BCUT2D eigenvalue weighted by Gasteiger charge is 2.40. The molecule has 0 heterocycles. The first-order chi connectivity index (χ1) is 8.50. The monoisotopic (exact) mass is 285 g/mol. The molecule has 1 aromatic carbocycles. The summed E-state index contributed by atoms with van der Waals surface area (Å²) in [5.41, 5.74) is 8.07. The fourth-order valence-electron chi connectivity index (χ4n) is 2.77. The van der Waals surface area contributed by atoms with Crippen LogP contribution in [0.4, 0.5) is 0 Å². The molecule has 2 unspecified atom stereocenters. The summed E-state index contributed by atoms with van der Waals surface area (Å²) in [4.78, 5) is 11.5. The van der Waals surface area contributed by atoms with Crippen LogP contribution in [0, 0.1) is 0 Å². The molecule has 0 saturated carbocycles. The molecule has 0 bridgehead atoms. The molecular weight excluding hydrogens is 266 g/mol. The van der Waals surface area contributed by atoms with E-state index in [-0.39, 0.29) is 29.8 Å². The van der Waals surface area contributed by atoms with Crippen molar-refractivity contribution in [1.29, 1.82) is 0 Å². The van der Waals surface area contributed by atoms with Gasteiger partial charge in [-0.1, -0.05) is 13.0 Å². The van der Waals surface area contributed by atoms with E-state index in [1.54, 1.807) is 7.11 Å². The highest BCUT2D eigenvalue weighted by Crippen LogP contribution is 2.47. The Morgan fingerprint density at radius 3 is 2.74 bits per heavy atom. The van der Waals surface area contributed by atoms with E-state index in [0.717, 1.165) is 23.3 Å². The SMILES string of the molecule is COC(=O)CC1(C)CC(N)c2ccc(OC)cc21.Cl. The van der Waals surface area contributed by atoms with Gasteiger partial charge >= 0.3 is 5.97 Å². The van der Waals surface area contributed by atoms with Crippen LogP contribution in [0.2, 0.25) is 0 Å². The zero-order valence-electron chi connectivity index (χ0n) is 11.4. The van der Waals surface area contributed by atoms with Crippen molar-refractivity contribution in [3.05, 3.63) is 29.3 Å². The number of rotatable bonds is 3. The van der Waals surface area contributed by atoms with Crippen molar-refractivity contribution in [3.8, 4) is 5.75 Å². The Morgan fingerprint density at radius 2 is 2.16 bits per heavy atom. The maximum absolute atomic E-state index is 11.5. The van der Waals surface area contributed by atoms with Gasteiger partial charge in [0.2, 0.25) is 0 Å². The number of hydrogen-bond acceptors (Lipinski definition) is 4. The zero-order chi connectivity index (χ0) is 13.3. The van der Waals surface area contributed by atoms with E-state index in [4.69, 9.17) is 15.2 Å². The summed E-state index contributed by atoms with van der Waals surface area (Å²) in [6, 6.07) is 5.84. The first-order valence-corrected chi connectivity index (χ1v) is 6.01. The van der Waals surface area contributed by atoms with E-state index < -0.39 is 0 Å². The van der Waals surface area contributed by atoms with Crippen LogP contribution in [-0.4, -0.2) is 20.2 Å². The maximum Gasteiger partial charge on any atom is 0.306 e. The third-order valence-corrected chi connectivity index (χ3v) is 3.74. The topological polar surface area (TPSA) is 61.5 Å². The summed E-state index contributed by atoms with van der Waals surface area (Å²) in [6.45, 7) is 2.05. The van der Waals surface area contributed by atoms with Crippen LogP contribution >= 0.6 is 12.4 Å². The van der Waals surface area contributed by atoms with E-state index in [1.807, 2.05) is 18.2 Å². The van der Waals surface area contributed by atoms with Gasteiger partial charge in [-0.3, -0.25) is 4.79 Å². The van der Waals surface area contributed by atoms with Gasteiger partial charge in [0, 0.05) is 11.5 Å². The van der Waals surface area contributed by atoms with Crippen molar-refractivity contribution in [3.63, 3.8) is 0 Å². The highest BCUT2D eigenvalue weighted by molar-refractivity contribution is 5.85. The summed E-state index contributed by atoms with van der Waals surface area (Å²) in [6.07, 6.45) is 1.10. The Hall–Kier alpha value is -1.26. The smallest absolute Gasteiger partial charge is 0.306 e. The van der Waals surface area contributed by atoms with Crippen LogP contribution in [0.5, 0.6) is 5.75 Å². The van der Waals surface area contributed by atoms with Gasteiger partial charge in [0.15, 0.2) is 0 Å². The third-order valence-electron chi connectivity index (χ3n) is 3.74. The van der Waals surface area contributed by atoms with Crippen LogP contribution in [0.25, 0.3) is 0 Å². The van der Waals surface area contributed by atoms with Gasteiger partial charge in [-0.05, 0) is 29.7 Å².